The van der Waals surface area contributed by atoms with Gasteiger partial charge in [0.1, 0.15) is 5.75 Å². The first-order valence-corrected chi connectivity index (χ1v) is 6.03. The van der Waals surface area contributed by atoms with Gasteiger partial charge in [0.15, 0.2) is 0 Å². The molecule has 1 fully saturated rings. The molecule has 1 aromatic carbocycles. The van der Waals surface area contributed by atoms with Gasteiger partial charge in [-0.05, 0) is 53.6 Å². The lowest BCUT2D eigenvalue weighted by Crippen LogP contribution is -2.27. The van der Waals surface area contributed by atoms with E-state index < -0.39 is 0 Å². The van der Waals surface area contributed by atoms with Crippen LogP contribution >= 0.6 is 22.6 Å². The van der Waals surface area contributed by atoms with E-state index in [2.05, 4.69) is 22.6 Å². The molecular weight excluding hydrogens is 305 g/mol. The zero-order chi connectivity index (χ0) is 10.8. The number of hydrogen-bond donors (Lipinski definition) is 1. The molecule has 0 aliphatic carbocycles. The second-order valence-electron chi connectivity index (χ2n) is 3.70. The summed E-state index contributed by atoms with van der Waals surface area (Å²) in [5.41, 5.74) is 0.585. The molecule has 0 aromatic heterocycles. The number of carbonyl (C=O) groups excluding carboxylic acids is 1. The summed E-state index contributed by atoms with van der Waals surface area (Å²) in [6.07, 6.45) is 2.17. The summed E-state index contributed by atoms with van der Waals surface area (Å²) < 4.78 is 0.884. The fourth-order valence-corrected chi connectivity index (χ4v) is 2.45. The molecule has 1 amide bonds. The Bertz CT molecular complexity index is 366. The number of halogens is 1. The standard InChI is InChI=1S/C11H12INO2/c12-9-5-8(6-10(14)7-9)11(15)13-3-1-2-4-13/h5-7,14H,1-4H2. The van der Waals surface area contributed by atoms with Crippen molar-refractivity contribution in [2.75, 3.05) is 13.1 Å². The van der Waals surface area contributed by atoms with Gasteiger partial charge in [-0.25, -0.2) is 0 Å². The van der Waals surface area contributed by atoms with Gasteiger partial charge in [0, 0.05) is 22.2 Å². The van der Waals surface area contributed by atoms with Crippen LogP contribution in [0, 0.1) is 3.57 Å². The second-order valence-corrected chi connectivity index (χ2v) is 4.94. The molecule has 2 rings (SSSR count). The minimum atomic E-state index is 0.0290. The van der Waals surface area contributed by atoms with Crippen molar-refractivity contribution < 1.29 is 9.90 Å². The number of nitrogens with zero attached hydrogens (tertiary/aromatic N) is 1. The van der Waals surface area contributed by atoms with Crippen molar-refractivity contribution in [1.82, 2.24) is 4.90 Å². The summed E-state index contributed by atoms with van der Waals surface area (Å²) in [4.78, 5) is 13.8. The quantitative estimate of drug-likeness (QED) is 0.807. The van der Waals surface area contributed by atoms with E-state index in [0.29, 0.717) is 5.56 Å². The zero-order valence-electron chi connectivity index (χ0n) is 8.24. The molecule has 80 valence electrons. The molecule has 0 spiro atoms. The molecule has 1 aliphatic heterocycles. The molecule has 1 heterocycles. The number of amides is 1. The van der Waals surface area contributed by atoms with Crippen LogP contribution in [0.1, 0.15) is 23.2 Å². The van der Waals surface area contributed by atoms with E-state index in [0.717, 1.165) is 29.5 Å². The molecular formula is C11H12INO2. The summed E-state index contributed by atoms with van der Waals surface area (Å²) in [5, 5.41) is 9.41. The summed E-state index contributed by atoms with van der Waals surface area (Å²) >= 11 is 2.10. The fourth-order valence-electron chi connectivity index (χ4n) is 1.80. The topological polar surface area (TPSA) is 40.5 Å². The van der Waals surface area contributed by atoms with Crippen LogP contribution in [0.5, 0.6) is 5.75 Å². The zero-order valence-corrected chi connectivity index (χ0v) is 10.4. The van der Waals surface area contributed by atoms with Gasteiger partial charge in [-0.15, -0.1) is 0 Å². The number of phenolic OH excluding ortho intramolecular Hbond substituents is 1. The van der Waals surface area contributed by atoms with Crippen LogP contribution < -0.4 is 0 Å². The molecule has 3 nitrogen and oxygen atoms in total. The van der Waals surface area contributed by atoms with Crippen LogP contribution in [-0.4, -0.2) is 29.0 Å². The van der Waals surface area contributed by atoms with Gasteiger partial charge in [-0.3, -0.25) is 4.79 Å². The number of likely N-dealkylation sites (tertiary alicyclic amines) is 1. The summed E-state index contributed by atoms with van der Waals surface area (Å²) in [6.45, 7) is 1.68. The lowest BCUT2D eigenvalue weighted by molar-refractivity contribution is 0.0792. The van der Waals surface area contributed by atoms with Crippen molar-refractivity contribution >= 4 is 28.5 Å². The van der Waals surface area contributed by atoms with Crippen molar-refractivity contribution in [3.8, 4) is 5.75 Å². The highest BCUT2D eigenvalue weighted by Crippen LogP contribution is 2.20. The predicted octanol–water partition coefficient (Wildman–Crippen LogP) is 2.23. The molecule has 0 bridgehead atoms. The van der Waals surface area contributed by atoms with E-state index in [-0.39, 0.29) is 11.7 Å². The monoisotopic (exact) mass is 317 g/mol. The van der Waals surface area contributed by atoms with Gasteiger partial charge >= 0.3 is 0 Å². The van der Waals surface area contributed by atoms with Gasteiger partial charge in [0.25, 0.3) is 5.91 Å². The van der Waals surface area contributed by atoms with Crippen LogP contribution in [0.4, 0.5) is 0 Å². The van der Waals surface area contributed by atoms with Crippen LogP contribution in [0.25, 0.3) is 0 Å². The van der Waals surface area contributed by atoms with Crippen molar-refractivity contribution in [2.24, 2.45) is 0 Å². The minimum Gasteiger partial charge on any atom is -0.508 e. The Morgan fingerprint density at radius 1 is 1.27 bits per heavy atom. The van der Waals surface area contributed by atoms with Crippen molar-refractivity contribution in [3.05, 3.63) is 27.3 Å². The minimum absolute atomic E-state index is 0.0290. The van der Waals surface area contributed by atoms with Crippen LogP contribution in [-0.2, 0) is 0 Å². The Morgan fingerprint density at radius 2 is 1.93 bits per heavy atom. The van der Waals surface area contributed by atoms with Crippen molar-refractivity contribution in [1.29, 1.82) is 0 Å². The first kappa shape index (κ1) is 10.7. The van der Waals surface area contributed by atoms with Gasteiger partial charge < -0.3 is 10.0 Å². The number of phenols is 1. The molecule has 1 aliphatic rings. The van der Waals surface area contributed by atoms with Crippen LogP contribution in [0.3, 0.4) is 0 Å². The van der Waals surface area contributed by atoms with Crippen LogP contribution in [0.2, 0.25) is 0 Å². The van der Waals surface area contributed by atoms with E-state index in [1.54, 1.807) is 12.1 Å². The third-order valence-corrected chi connectivity index (χ3v) is 3.15. The third kappa shape index (κ3) is 2.42. The summed E-state index contributed by atoms with van der Waals surface area (Å²) in [7, 11) is 0. The van der Waals surface area contributed by atoms with Gasteiger partial charge in [-0.1, -0.05) is 0 Å². The SMILES string of the molecule is O=C(c1cc(O)cc(I)c1)N1CCCC1. The Hall–Kier alpha value is -0.780. The predicted molar refractivity (Wildman–Crippen MR) is 66.0 cm³/mol. The highest BCUT2D eigenvalue weighted by atomic mass is 127. The molecule has 0 unspecified atom stereocenters. The number of aromatic hydroxyl groups is 1. The molecule has 0 atom stereocenters. The van der Waals surface area contributed by atoms with Crippen molar-refractivity contribution in [3.63, 3.8) is 0 Å². The smallest absolute Gasteiger partial charge is 0.254 e. The largest absolute Gasteiger partial charge is 0.508 e. The Morgan fingerprint density at radius 3 is 2.53 bits per heavy atom. The molecule has 1 saturated heterocycles. The van der Waals surface area contributed by atoms with E-state index in [4.69, 9.17) is 0 Å². The maximum absolute atomic E-state index is 12.0. The average molecular weight is 317 g/mol. The fraction of sp³-hybridized carbons (Fsp3) is 0.364. The molecule has 0 radical (unpaired) electrons. The lowest BCUT2D eigenvalue weighted by Gasteiger charge is -2.15. The lowest BCUT2D eigenvalue weighted by atomic mass is 10.2. The number of benzene rings is 1. The first-order chi connectivity index (χ1) is 7.16. The molecule has 4 heteroatoms. The maximum atomic E-state index is 12.0. The summed E-state index contributed by atoms with van der Waals surface area (Å²) in [5.74, 6) is 0.186. The Labute approximate surface area is 102 Å². The number of carbonyl (C=O) groups is 1. The van der Waals surface area contributed by atoms with E-state index >= 15 is 0 Å². The summed E-state index contributed by atoms with van der Waals surface area (Å²) in [6, 6.07) is 4.98. The molecule has 15 heavy (non-hydrogen) atoms. The van der Waals surface area contributed by atoms with Gasteiger partial charge in [-0.2, -0.15) is 0 Å². The normalized spacial score (nSPS) is 15.7. The van der Waals surface area contributed by atoms with E-state index in [1.807, 2.05) is 4.90 Å². The average Bonchev–Trinajstić information content (AvgIpc) is 2.67. The Kier molecular flexibility index (Phi) is 3.14. The molecule has 1 aromatic rings. The van der Waals surface area contributed by atoms with E-state index in [9.17, 15) is 9.90 Å². The van der Waals surface area contributed by atoms with Crippen LogP contribution in [0.15, 0.2) is 18.2 Å². The maximum Gasteiger partial charge on any atom is 0.254 e. The highest BCUT2D eigenvalue weighted by molar-refractivity contribution is 14.1. The van der Waals surface area contributed by atoms with Crippen molar-refractivity contribution in [2.45, 2.75) is 12.8 Å². The molecule has 1 N–H and O–H groups in total. The van der Waals surface area contributed by atoms with E-state index in [1.165, 1.54) is 6.07 Å². The van der Waals surface area contributed by atoms with Gasteiger partial charge in [0.05, 0.1) is 0 Å². The second kappa shape index (κ2) is 4.38. The molecule has 0 saturated carbocycles. The first-order valence-electron chi connectivity index (χ1n) is 4.95. The number of hydrogen-bond acceptors (Lipinski definition) is 2. The number of rotatable bonds is 1. The Balaban J connectivity index is 2.24. The van der Waals surface area contributed by atoms with Gasteiger partial charge in [0.2, 0.25) is 0 Å². The highest BCUT2D eigenvalue weighted by Gasteiger charge is 2.19. The third-order valence-electron chi connectivity index (χ3n) is 2.52.